The number of hydrogen-bond donors (Lipinski definition) is 1. The second-order valence-electron chi connectivity index (χ2n) is 5.55. The number of nitrogens with one attached hydrogen (secondary N) is 1. The number of nitrogens with zero attached hydrogens (tertiary/aromatic N) is 1. The van der Waals surface area contributed by atoms with Gasteiger partial charge < -0.3 is 10.2 Å². The Hall–Kier alpha value is -1.69. The number of amides is 2. The van der Waals surface area contributed by atoms with Crippen LogP contribution in [-0.2, 0) is 16.1 Å². The van der Waals surface area contributed by atoms with Crippen LogP contribution in [0.2, 0.25) is 10.0 Å². The fourth-order valence-electron chi connectivity index (χ4n) is 2.18. The molecular formula is C19H20Cl2N2O2S. The molecule has 0 unspecified atom stereocenters. The van der Waals surface area contributed by atoms with E-state index in [1.54, 1.807) is 29.2 Å². The van der Waals surface area contributed by atoms with E-state index in [-0.39, 0.29) is 24.1 Å². The predicted octanol–water partition coefficient (Wildman–Crippen LogP) is 4.25. The van der Waals surface area contributed by atoms with E-state index >= 15 is 0 Å². The van der Waals surface area contributed by atoms with Gasteiger partial charge in [0.05, 0.1) is 12.3 Å². The average molecular weight is 411 g/mol. The van der Waals surface area contributed by atoms with Gasteiger partial charge in [-0.15, -0.1) is 11.8 Å². The van der Waals surface area contributed by atoms with Gasteiger partial charge in [-0.25, -0.2) is 0 Å². The van der Waals surface area contributed by atoms with Gasteiger partial charge in [0.2, 0.25) is 11.8 Å². The lowest BCUT2D eigenvalue weighted by molar-refractivity contribution is -0.133. The predicted molar refractivity (Wildman–Crippen MR) is 108 cm³/mol. The van der Waals surface area contributed by atoms with Gasteiger partial charge in [0, 0.05) is 28.0 Å². The third-order valence-corrected chi connectivity index (χ3v) is 5.15. The monoisotopic (exact) mass is 410 g/mol. The molecule has 2 amide bonds. The molecule has 0 radical (unpaired) electrons. The first kappa shape index (κ1) is 20.6. The molecule has 2 aromatic carbocycles. The van der Waals surface area contributed by atoms with Crippen molar-refractivity contribution in [3.8, 4) is 0 Å². The standard InChI is InChI=1S/C19H20Cl2N2O2S/c1-2-23(19(25)13-26-17-9-7-16(21)8-10-17)12-18(24)22-11-14-3-5-15(20)6-4-14/h3-10H,2,11-13H2,1H3,(H,22,24). The SMILES string of the molecule is CCN(CC(=O)NCc1ccc(Cl)cc1)C(=O)CSc1ccc(Cl)cc1. The van der Waals surface area contributed by atoms with Crippen molar-refractivity contribution in [2.24, 2.45) is 0 Å². The molecule has 0 aliphatic heterocycles. The largest absolute Gasteiger partial charge is 0.350 e. The zero-order valence-electron chi connectivity index (χ0n) is 14.4. The van der Waals surface area contributed by atoms with Crippen LogP contribution in [0.1, 0.15) is 12.5 Å². The molecule has 0 saturated heterocycles. The lowest BCUT2D eigenvalue weighted by atomic mass is 10.2. The Morgan fingerprint density at radius 3 is 2.15 bits per heavy atom. The number of thioether (sulfide) groups is 1. The molecule has 0 aliphatic rings. The fourth-order valence-corrected chi connectivity index (χ4v) is 3.23. The van der Waals surface area contributed by atoms with Crippen LogP contribution in [0.25, 0.3) is 0 Å². The van der Waals surface area contributed by atoms with Crippen LogP contribution in [0.3, 0.4) is 0 Å². The van der Waals surface area contributed by atoms with Gasteiger partial charge in [-0.2, -0.15) is 0 Å². The lowest BCUT2D eigenvalue weighted by Crippen LogP contribution is -2.41. The molecule has 0 aliphatic carbocycles. The number of rotatable bonds is 8. The van der Waals surface area contributed by atoms with Crippen LogP contribution >= 0.6 is 35.0 Å². The van der Waals surface area contributed by atoms with Crippen LogP contribution in [0.4, 0.5) is 0 Å². The van der Waals surface area contributed by atoms with Crippen molar-refractivity contribution in [1.29, 1.82) is 0 Å². The molecule has 0 saturated carbocycles. The Balaban J connectivity index is 1.78. The van der Waals surface area contributed by atoms with E-state index in [0.29, 0.717) is 23.1 Å². The average Bonchev–Trinajstić information content (AvgIpc) is 2.65. The molecule has 4 nitrogen and oxygen atoms in total. The van der Waals surface area contributed by atoms with Crippen LogP contribution in [0, 0.1) is 0 Å². The number of hydrogen-bond acceptors (Lipinski definition) is 3. The first-order valence-corrected chi connectivity index (χ1v) is 9.89. The molecule has 2 rings (SSSR count). The second kappa shape index (κ2) is 10.5. The van der Waals surface area contributed by atoms with E-state index < -0.39 is 0 Å². The summed E-state index contributed by atoms with van der Waals surface area (Å²) in [4.78, 5) is 27.0. The third-order valence-electron chi connectivity index (χ3n) is 3.65. The quantitative estimate of drug-likeness (QED) is 0.661. The van der Waals surface area contributed by atoms with Gasteiger partial charge in [-0.1, -0.05) is 35.3 Å². The summed E-state index contributed by atoms with van der Waals surface area (Å²) in [6, 6.07) is 14.6. The maximum Gasteiger partial charge on any atom is 0.239 e. The molecule has 26 heavy (non-hydrogen) atoms. The number of halogens is 2. The van der Waals surface area contributed by atoms with E-state index in [1.807, 2.05) is 31.2 Å². The number of carbonyl (C=O) groups is 2. The number of likely N-dealkylation sites (N-methyl/N-ethyl adjacent to an activating group) is 1. The summed E-state index contributed by atoms with van der Waals surface area (Å²) < 4.78 is 0. The van der Waals surface area contributed by atoms with Crippen LogP contribution in [0.5, 0.6) is 0 Å². The molecule has 2 aromatic rings. The minimum absolute atomic E-state index is 0.0457. The van der Waals surface area contributed by atoms with Gasteiger partial charge >= 0.3 is 0 Å². The van der Waals surface area contributed by atoms with E-state index in [4.69, 9.17) is 23.2 Å². The molecule has 1 N–H and O–H groups in total. The Labute approximate surface area is 167 Å². The molecule has 0 aromatic heterocycles. The minimum atomic E-state index is -0.188. The molecule has 0 spiro atoms. The summed E-state index contributed by atoms with van der Waals surface area (Å²) in [6.45, 7) is 2.79. The number of benzene rings is 2. The summed E-state index contributed by atoms with van der Waals surface area (Å²) in [5.74, 6) is 0.0145. The van der Waals surface area contributed by atoms with Crippen molar-refractivity contribution < 1.29 is 9.59 Å². The van der Waals surface area contributed by atoms with Gasteiger partial charge in [-0.05, 0) is 48.9 Å². The normalized spacial score (nSPS) is 10.4. The van der Waals surface area contributed by atoms with Crippen molar-refractivity contribution in [1.82, 2.24) is 10.2 Å². The van der Waals surface area contributed by atoms with E-state index in [0.717, 1.165) is 10.5 Å². The van der Waals surface area contributed by atoms with Crippen LogP contribution < -0.4 is 5.32 Å². The van der Waals surface area contributed by atoms with Crippen LogP contribution in [-0.4, -0.2) is 35.6 Å². The number of carbonyl (C=O) groups excluding carboxylic acids is 2. The molecule has 138 valence electrons. The summed E-state index contributed by atoms with van der Waals surface area (Å²) in [5.41, 5.74) is 0.954. The Morgan fingerprint density at radius 2 is 1.58 bits per heavy atom. The smallest absolute Gasteiger partial charge is 0.239 e. The van der Waals surface area contributed by atoms with Gasteiger partial charge in [-0.3, -0.25) is 9.59 Å². The summed E-state index contributed by atoms with van der Waals surface area (Å²) in [5, 5.41) is 4.13. The first-order chi connectivity index (χ1) is 12.5. The highest BCUT2D eigenvalue weighted by Gasteiger charge is 2.15. The lowest BCUT2D eigenvalue weighted by Gasteiger charge is -2.20. The molecule has 0 fully saturated rings. The molecule has 0 heterocycles. The van der Waals surface area contributed by atoms with Crippen molar-refractivity contribution in [2.45, 2.75) is 18.4 Å². The Bertz CT molecular complexity index is 736. The fraction of sp³-hybridized carbons (Fsp3) is 0.263. The molecule has 7 heteroatoms. The summed E-state index contributed by atoms with van der Waals surface area (Å²) in [7, 11) is 0. The van der Waals surface area contributed by atoms with Crippen molar-refractivity contribution in [2.75, 3.05) is 18.8 Å². The highest BCUT2D eigenvalue weighted by molar-refractivity contribution is 8.00. The Morgan fingerprint density at radius 1 is 1.00 bits per heavy atom. The topological polar surface area (TPSA) is 49.4 Å². The molecular weight excluding hydrogens is 391 g/mol. The van der Waals surface area contributed by atoms with E-state index in [9.17, 15) is 9.59 Å². The zero-order chi connectivity index (χ0) is 18.9. The van der Waals surface area contributed by atoms with Crippen molar-refractivity contribution in [3.63, 3.8) is 0 Å². The van der Waals surface area contributed by atoms with Gasteiger partial charge in [0.1, 0.15) is 0 Å². The van der Waals surface area contributed by atoms with Crippen LogP contribution in [0.15, 0.2) is 53.4 Å². The Kier molecular flexibility index (Phi) is 8.29. The molecule has 0 atom stereocenters. The summed E-state index contributed by atoms with van der Waals surface area (Å²) >= 11 is 13.1. The highest BCUT2D eigenvalue weighted by atomic mass is 35.5. The minimum Gasteiger partial charge on any atom is -0.350 e. The van der Waals surface area contributed by atoms with Crippen molar-refractivity contribution in [3.05, 3.63) is 64.1 Å². The maximum absolute atomic E-state index is 12.3. The third kappa shape index (κ3) is 6.90. The first-order valence-electron chi connectivity index (χ1n) is 8.15. The zero-order valence-corrected chi connectivity index (χ0v) is 16.7. The summed E-state index contributed by atoms with van der Waals surface area (Å²) in [6.07, 6.45) is 0. The van der Waals surface area contributed by atoms with Crippen molar-refractivity contribution >= 4 is 46.8 Å². The molecule has 0 bridgehead atoms. The highest BCUT2D eigenvalue weighted by Crippen LogP contribution is 2.20. The second-order valence-corrected chi connectivity index (χ2v) is 7.48. The van der Waals surface area contributed by atoms with Gasteiger partial charge in [0.15, 0.2) is 0 Å². The van der Waals surface area contributed by atoms with Gasteiger partial charge in [0.25, 0.3) is 0 Å². The maximum atomic E-state index is 12.3. The van der Waals surface area contributed by atoms with E-state index in [1.165, 1.54) is 11.8 Å². The van der Waals surface area contributed by atoms with E-state index in [2.05, 4.69) is 5.32 Å².